The summed E-state index contributed by atoms with van der Waals surface area (Å²) < 4.78 is 21.8. The van der Waals surface area contributed by atoms with Crippen molar-refractivity contribution < 1.29 is 9.88 Å². The minimum absolute atomic E-state index is 0. The van der Waals surface area contributed by atoms with Gasteiger partial charge in [-0.1, -0.05) is 0 Å². The summed E-state index contributed by atoms with van der Waals surface area (Å²) in [6, 6.07) is 50.9. The fourth-order valence-electron chi connectivity index (χ4n) is 12.6. The fourth-order valence-corrected chi connectivity index (χ4v) is 76.8. The molecule has 1 atom stereocenters. The zero-order valence-corrected chi connectivity index (χ0v) is 30.6. The Morgan fingerprint density at radius 2 is 0.833 bits per heavy atom. The molecule has 0 amide bonds. The average molecular weight is 696 g/mol. The molecule has 4 aromatic carbocycles. The molecule has 0 nitrogen and oxygen atoms in total. The van der Waals surface area contributed by atoms with E-state index in [9.17, 15) is 0 Å². The van der Waals surface area contributed by atoms with E-state index < -0.39 is 9.88 Å². The Balaban J connectivity index is 0.00000202. The van der Waals surface area contributed by atoms with Gasteiger partial charge in [0, 0.05) is 0 Å². The van der Waals surface area contributed by atoms with Crippen molar-refractivity contribution in [3.8, 4) is 0 Å². The summed E-state index contributed by atoms with van der Waals surface area (Å²) in [4.78, 5) is 0. The van der Waals surface area contributed by atoms with Crippen LogP contribution in [0.5, 0.6) is 0 Å². The molecule has 6 rings (SSSR count). The first-order valence-corrected chi connectivity index (χ1v) is 35.6. The third-order valence-electron chi connectivity index (χ3n) is 17.6. The molecule has 1 aliphatic carbocycles. The molecule has 0 spiro atoms. The standard InChI is InChI=1S/4C6H5.C5H5.C4H4P.5CH3.2ClH.Zr/c4*1-2-4-6-5-3-1;2*1-2-4-5-3-1;;;;;;;;/h4*1-5H;1-3H,4H2;1-3,5H;5*1H3;2*1H;. The van der Waals surface area contributed by atoms with Crippen LogP contribution in [0.15, 0.2) is 161 Å². The molecule has 4 heteroatoms. The van der Waals surface area contributed by atoms with Gasteiger partial charge in [0.15, 0.2) is 0 Å². The number of rotatable bonds is 6. The average Bonchev–Trinajstić information content (AvgIpc) is 3.74. The second-order valence-electron chi connectivity index (χ2n) is 22.2. The van der Waals surface area contributed by atoms with Gasteiger partial charge in [-0.3, -0.25) is 0 Å². The van der Waals surface area contributed by atoms with Gasteiger partial charge in [0.25, 0.3) is 0 Å². The fraction of sp³-hybridized carbons (Fsp3) is 0.158. The molecule has 221 valence electrons. The molecule has 1 aliphatic rings. The van der Waals surface area contributed by atoms with Crippen LogP contribution in [-0.2, 0) is 9.88 Å². The van der Waals surface area contributed by atoms with Crippen molar-refractivity contribution in [3.05, 3.63) is 161 Å². The second-order valence-corrected chi connectivity index (χ2v) is 104. The van der Waals surface area contributed by atoms with E-state index in [2.05, 4.69) is 181 Å². The molecule has 0 radical (unpaired) electrons. The van der Waals surface area contributed by atoms with Crippen molar-refractivity contribution in [2.45, 2.75) is 29.6 Å². The van der Waals surface area contributed by atoms with Gasteiger partial charge in [-0.05, 0) is 0 Å². The van der Waals surface area contributed by atoms with Crippen LogP contribution >= 0.6 is 33.0 Å². The third kappa shape index (κ3) is 1.88. The van der Waals surface area contributed by atoms with Crippen molar-refractivity contribution in [1.82, 2.24) is 0 Å². The van der Waals surface area contributed by atoms with Crippen LogP contribution in [0.2, 0.25) is 23.2 Å². The summed E-state index contributed by atoms with van der Waals surface area (Å²) >= 11 is 0. The number of benzene rings is 4. The summed E-state index contributed by atoms with van der Waals surface area (Å²) in [6.45, 7) is 0. The van der Waals surface area contributed by atoms with E-state index >= 15 is 0 Å². The van der Waals surface area contributed by atoms with Crippen LogP contribution in [0, 0.1) is 0 Å². The van der Waals surface area contributed by atoms with Crippen molar-refractivity contribution >= 4 is 49.1 Å². The zero-order valence-electron chi connectivity index (χ0n) is 25.5. The molecule has 5 aromatic rings. The number of hydrogen-bond donors (Lipinski definition) is 0. The van der Waals surface area contributed by atoms with Gasteiger partial charge < -0.3 is 0 Å². The van der Waals surface area contributed by atoms with Crippen LogP contribution in [0.3, 0.4) is 0 Å². The summed E-state index contributed by atoms with van der Waals surface area (Å²) in [5.74, 6) is 2.39. The van der Waals surface area contributed by atoms with Gasteiger partial charge in [0.05, 0.1) is 0 Å². The third-order valence-corrected chi connectivity index (χ3v) is 99.5. The first kappa shape index (κ1) is 32.5. The summed E-state index contributed by atoms with van der Waals surface area (Å²) in [7, 11) is -8.02. The van der Waals surface area contributed by atoms with E-state index in [0.29, 0.717) is 8.19 Å². The normalized spacial score (nSPS) is 21.4. The Kier molecular flexibility index (Phi) is 4.35. The van der Waals surface area contributed by atoms with Gasteiger partial charge in [0.1, 0.15) is 0 Å². The maximum atomic E-state index is 2.75. The van der Waals surface area contributed by atoms with E-state index in [-0.39, 0.29) is 24.8 Å². The molecule has 0 bridgehead atoms. The Morgan fingerprint density at radius 3 is 1.10 bits per heavy atom. The Morgan fingerprint density at radius 1 is 0.476 bits per heavy atom. The number of halogens is 2. The molecule has 0 saturated carbocycles. The molecule has 0 N–H and O–H groups in total. The van der Waals surface area contributed by atoms with Gasteiger partial charge >= 0.3 is 225 Å². The second kappa shape index (κ2) is 5.61. The Bertz CT molecular complexity index is 1900. The SMILES string of the molecule is Cl.Cl.[CH3][Zr]([CH3])([CH3])([CH3])([CH3])([C]1=CC=CC1)([c]1ccccc1)([c]1ccccc1)([c]1ccccc1)([c]1ccccc1)[c]1ccc[pH]1. The van der Waals surface area contributed by atoms with E-state index in [4.69, 9.17) is 0 Å². The number of allylic oxidation sites excluding steroid dienone is 4. The van der Waals surface area contributed by atoms with Crippen molar-refractivity contribution in [1.29, 1.82) is 0 Å². The summed E-state index contributed by atoms with van der Waals surface area (Å²) in [5, 5.41) is 0. The van der Waals surface area contributed by atoms with Gasteiger partial charge in [-0.2, -0.15) is 0 Å². The molecule has 1 aromatic heterocycles. The summed E-state index contributed by atoms with van der Waals surface area (Å²) in [5.41, 5.74) is 0. The maximum absolute atomic E-state index is 8.47. The quantitative estimate of drug-likeness (QED) is 0.166. The topological polar surface area (TPSA) is 0 Å². The predicted octanol–water partition coefficient (Wildman–Crippen LogP) is 9.48. The molecule has 0 aliphatic heterocycles. The van der Waals surface area contributed by atoms with E-state index in [1.807, 2.05) is 0 Å². The molecular formula is C38H46Cl2PZr. The molecule has 0 saturated heterocycles. The van der Waals surface area contributed by atoms with E-state index in [1.54, 1.807) is 0 Å². The monoisotopic (exact) mass is 693 g/mol. The van der Waals surface area contributed by atoms with Crippen LogP contribution in [-0.4, -0.2) is 0 Å². The van der Waals surface area contributed by atoms with E-state index in [0.717, 1.165) is 6.42 Å². The van der Waals surface area contributed by atoms with Crippen molar-refractivity contribution in [2.75, 3.05) is 0 Å². The summed E-state index contributed by atoms with van der Waals surface area (Å²) in [6.07, 6.45) is 7.94. The van der Waals surface area contributed by atoms with Crippen LogP contribution < -0.4 is 16.1 Å². The molecule has 42 heavy (non-hydrogen) atoms. The minimum atomic E-state index is -8.47. The van der Waals surface area contributed by atoms with E-state index in [1.165, 1.54) is 19.4 Å². The van der Waals surface area contributed by atoms with Crippen LogP contribution in [0.4, 0.5) is 0 Å². The predicted molar refractivity (Wildman–Crippen MR) is 196 cm³/mol. The van der Waals surface area contributed by atoms with Crippen LogP contribution in [0.1, 0.15) is 6.42 Å². The first-order valence-electron chi connectivity index (χ1n) is 14.9. The van der Waals surface area contributed by atoms with Crippen molar-refractivity contribution in [3.63, 3.8) is 0 Å². The first-order chi connectivity index (χ1) is 18.5. The van der Waals surface area contributed by atoms with Gasteiger partial charge in [-0.15, -0.1) is 24.8 Å². The van der Waals surface area contributed by atoms with Gasteiger partial charge in [0.2, 0.25) is 0 Å². The van der Waals surface area contributed by atoms with Crippen LogP contribution in [0.25, 0.3) is 0 Å². The molecule has 1 unspecified atom stereocenters. The Labute approximate surface area is 247 Å². The molecule has 1 heterocycles. The molecule has 0 fully saturated rings. The van der Waals surface area contributed by atoms with Crippen molar-refractivity contribution in [2.24, 2.45) is 0 Å². The zero-order chi connectivity index (χ0) is 28.6. The number of hydrogen-bond acceptors (Lipinski definition) is 0. The molecular weight excluding hydrogens is 650 g/mol. The van der Waals surface area contributed by atoms with Gasteiger partial charge in [-0.25, -0.2) is 0 Å². The Hall–Kier alpha value is -2.40.